The Labute approximate surface area is 132 Å². The second kappa shape index (κ2) is 5.15. The molecule has 0 spiro atoms. The highest BCUT2D eigenvalue weighted by atomic mass is 16.5. The lowest BCUT2D eigenvalue weighted by Crippen LogP contribution is -2.20. The maximum absolute atomic E-state index is 12.5. The van der Waals surface area contributed by atoms with Gasteiger partial charge in [0.25, 0.3) is 5.56 Å². The first-order valence-corrected chi connectivity index (χ1v) is 7.57. The van der Waals surface area contributed by atoms with Crippen molar-refractivity contribution < 1.29 is 9.47 Å². The first kappa shape index (κ1) is 13.9. The van der Waals surface area contributed by atoms with Crippen LogP contribution in [-0.4, -0.2) is 28.8 Å². The van der Waals surface area contributed by atoms with E-state index in [0.717, 1.165) is 41.6 Å². The van der Waals surface area contributed by atoms with Crippen LogP contribution in [0.5, 0.6) is 11.5 Å². The zero-order valence-electron chi connectivity index (χ0n) is 13.0. The fourth-order valence-electron chi connectivity index (χ4n) is 3.20. The number of aromatic amines is 1. The molecule has 0 amide bonds. The van der Waals surface area contributed by atoms with Crippen molar-refractivity contribution in [2.45, 2.75) is 19.3 Å². The van der Waals surface area contributed by atoms with E-state index in [1.54, 1.807) is 20.4 Å². The molecule has 4 rings (SSSR count). The molecule has 118 valence electrons. The Bertz CT molecular complexity index is 956. The molecule has 1 N–H and O–H groups in total. The summed E-state index contributed by atoms with van der Waals surface area (Å²) in [5, 5.41) is 3.02. The number of nitrogens with one attached hydrogen (secondary N) is 1. The van der Waals surface area contributed by atoms with Crippen molar-refractivity contribution in [2.75, 3.05) is 14.2 Å². The number of ether oxygens (including phenoxy) is 2. The SMILES string of the molecule is COc1ccc(-c2c[nH]n3c(=O)c4c(nc23)CCC4)cc1OC. The van der Waals surface area contributed by atoms with Gasteiger partial charge in [-0.15, -0.1) is 0 Å². The molecule has 2 aromatic heterocycles. The molecule has 1 aromatic carbocycles. The first-order chi connectivity index (χ1) is 11.2. The largest absolute Gasteiger partial charge is 0.493 e. The highest BCUT2D eigenvalue weighted by Gasteiger charge is 2.20. The minimum Gasteiger partial charge on any atom is -0.493 e. The predicted octanol–water partition coefficient (Wildman–Crippen LogP) is 2.20. The summed E-state index contributed by atoms with van der Waals surface area (Å²) < 4.78 is 12.2. The molecular weight excluding hydrogens is 294 g/mol. The average Bonchev–Trinajstić information content (AvgIpc) is 3.21. The molecule has 0 atom stereocenters. The second-order valence-corrected chi connectivity index (χ2v) is 5.61. The maximum Gasteiger partial charge on any atom is 0.276 e. The highest BCUT2D eigenvalue weighted by Crippen LogP contribution is 2.33. The van der Waals surface area contributed by atoms with E-state index in [-0.39, 0.29) is 5.56 Å². The van der Waals surface area contributed by atoms with Crippen LogP contribution in [0.25, 0.3) is 16.8 Å². The van der Waals surface area contributed by atoms with E-state index in [0.29, 0.717) is 17.1 Å². The number of methoxy groups -OCH3 is 2. The van der Waals surface area contributed by atoms with Crippen molar-refractivity contribution in [3.8, 4) is 22.6 Å². The van der Waals surface area contributed by atoms with Crippen molar-refractivity contribution in [3.05, 3.63) is 46.0 Å². The summed E-state index contributed by atoms with van der Waals surface area (Å²) in [4.78, 5) is 17.2. The standard InChI is InChI=1S/C17H17N3O3/c1-22-14-7-6-10(8-15(14)23-2)12-9-18-20-16(12)19-13-5-3-4-11(13)17(20)21/h6-9,18H,3-5H2,1-2H3. The number of hydrogen-bond acceptors (Lipinski definition) is 4. The molecule has 0 aliphatic heterocycles. The van der Waals surface area contributed by atoms with Crippen LogP contribution in [0.2, 0.25) is 0 Å². The van der Waals surface area contributed by atoms with Gasteiger partial charge in [0.1, 0.15) is 0 Å². The van der Waals surface area contributed by atoms with E-state index in [1.165, 1.54) is 4.52 Å². The number of fused-ring (bicyclic) bond motifs is 2. The lowest BCUT2D eigenvalue weighted by Gasteiger charge is -2.09. The number of H-pyrrole nitrogens is 1. The molecule has 1 aliphatic carbocycles. The molecule has 2 heterocycles. The fraction of sp³-hybridized carbons (Fsp3) is 0.294. The van der Waals surface area contributed by atoms with Crippen LogP contribution in [-0.2, 0) is 12.8 Å². The molecule has 0 saturated heterocycles. The molecule has 0 fully saturated rings. The highest BCUT2D eigenvalue weighted by molar-refractivity contribution is 5.78. The molecule has 3 aromatic rings. The zero-order chi connectivity index (χ0) is 16.0. The quantitative estimate of drug-likeness (QED) is 0.805. The molecule has 0 unspecified atom stereocenters. The lowest BCUT2D eigenvalue weighted by molar-refractivity contribution is 0.355. The molecule has 6 nitrogen and oxygen atoms in total. The van der Waals surface area contributed by atoms with Crippen molar-refractivity contribution in [1.29, 1.82) is 0 Å². The average molecular weight is 311 g/mol. The number of nitrogens with zero attached hydrogens (tertiary/aromatic N) is 2. The zero-order valence-corrected chi connectivity index (χ0v) is 13.0. The monoisotopic (exact) mass is 311 g/mol. The number of benzene rings is 1. The van der Waals surface area contributed by atoms with E-state index in [2.05, 4.69) is 5.10 Å². The van der Waals surface area contributed by atoms with Crippen LogP contribution in [0.4, 0.5) is 0 Å². The van der Waals surface area contributed by atoms with E-state index in [4.69, 9.17) is 14.5 Å². The second-order valence-electron chi connectivity index (χ2n) is 5.61. The number of aryl methyl sites for hydroxylation is 1. The summed E-state index contributed by atoms with van der Waals surface area (Å²) in [5.41, 5.74) is 4.22. The summed E-state index contributed by atoms with van der Waals surface area (Å²) in [6, 6.07) is 5.68. The van der Waals surface area contributed by atoms with Gasteiger partial charge < -0.3 is 9.47 Å². The van der Waals surface area contributed by atoms with Gasteiger partial charge in [0.15, 0.2) is 17.1 Å². The van der Waals surface area contributed by atoms with Gasteiger partial charge >= 0.3 is 0 Å². The van der Waals surface area contributed by atoms with E-state index >= 15 is 0 Å². The summed E-state index contributed by atoms with van der Waals surface area (Å²) in [7, 11) is 3.21. The van der Waals surface area contributed by atoms with E-state index in [1.807, 2.05) is 18.2 Å². The van der Waals surface area contributed by atoms with Crippen molar-refractivity contribution in [3.63, 3.8) is 0 Å². The van der Waals surface area contributed by atoms with Gasteiger partial charge in [-0.25, -0.2) is 9.50 Å². The summed E-state index contributed by atoms with van der Waals surface area (Å²) in [6.45, 7) is 0. The Kier molecular flexibility index (Phi) is 3.11. The third-order valence-corrected chi connectivity index (χ3v) is 4.38. The number of rotatable bonds is 3. The molecule has 0 radical (unpaired) electrons. The predicted molar refractivity (Wildman–Crippen MR) is 86.4 cm³/mol. The smallest absolute Gasteiger partial charge is 0.276 e. The van der Waals surface area contributed by atoms with Gasteiger partial charge in [0.2, 0.25) is 0 Å². The van der Waals surface area contributed by atoms with Gasteiger partial charge in [0.05, 0.1) is 19.9 Å². The van der Waals surface area contributed by atoms with Crippen LogP contribution in [0.3, 0.4) is 0 Å². The molecule has 6 heteroatoms. The molecular formula is C17H17N3O3. The lowest BCUT2D eigenvalue weighted by atomic mass is 10.1. The van der Waals surface area contributed by atoms with Crippen molar-refractivity contribution in [1.82, 2.24) is 14.6 Å². The molecule has 23 heavy (non-hydrogen) atoms. The van der Waals surface area contributed by atoms with Gasteiger partial charge in [-0.2, -0.15) is 0 Å². The van der Waals surface area contributed by atoms with Gasteiger partial charge in [-0.05, 0) is 37.0 Å². The van der Waals surface area contributed by atoms with Crippen LogP contribution in [0, 0.1) is 0 Å². The van der Waals surface area contributed by atoms with Crippen molar-refractivity contribution >= 4 is 5.65 Å². The van der Waals surface area contributed by atoms with E-state index in [9.17, 15) is 4.79 Å². The maximum atomic E-state index is 12.5. The number of hydrogen-bond donors (Lipinski definition) is 1. The molecule has 0 bridgehead atoms. The molecule has 1 aliphatic rings. The minimum atomic E-state index is 0.00854. The van der Waals surface area contributed by atoms with Gasteiger partial charge in [-0.1, -0.05) is 6.07 Å². The Morgan fingerprint density at radius 2 is 2.00 bits per heavy atom. The summed E-state index contributed by atoms with van der Waals surface area (Å²) >= 11 is 0. The van der Waals surface area contributed by atoms with Crippen LogP contribution < -0.4 is 15.0 Å². The normalized spacial score (nSPS) is 13.3. The third kappa shape index (κ3) is 2.02. The van der Waals surface area contributed by atoms with Crippen LogP contribution >= 0.6 is 0 Å². The third-order valence-electron chi connectivity index (χ3n) is 4.38. The first-order valence-electron chi connectivity index (χ1n) is 7.57. The Morgan fingerprint density at radius 1 is 1.17 bits per heavy atom. The Hall–Kier alpha value is -2.76. The molecule has 0 saturated carbocycles. The fourth-order valence-corrected chi connectivity index (χ4v) is 3.20. The number of aromatic nitrogens is 3. The summed E-state index contributed by atoms with van der Waals surface area (Å²) in [5.74, 6) is 1.31. The van der Waals surface area contributed by atoms with Crippen LogP contribution in [0.1, 0.15) is 17.7 Å². The van der Waals surface area contributed by atoms with Gasteiger partial charge in [-0.3, -0.25) is 9.89 Å². The Balaban J connectivity index is 1.93. The summed E-state index contributed by atoms with van der Waals surface area (Å²) in [6.07, 6.45) is 4.49. The Morgan fingerprint density at radius 3 is 2.78 bits per heavy atom. The van der Waals surface area contributed by atoms with Crippen molar-refractivity contribution in [2.24, 2.45) is 0 Å². The van der Waals surface area contributed by atoms with E-state index < -0.39 is 0 Å². The van der Waals surface area contributed by atoms with Crippen LogP contribution in [0.15, 0.2) is 29.2 Å². The minimum absolute atomic E-state index is 0.00854. The van der Waals surface area contributed by atoms with Gasteiger partial charge in [0, 0.05) is 17.3 Å². The topological polar surface area (TPSA) is 68.6 Å².